The summed E-state index contributed by atoms with van der Waals surface area (Å²) in [5.41, 5.74) is 0.824. The maximum atomic E-state index is 10.5. The van der Waals surface area contributed by atoms with Gasteiger partial charge in [0.05, 0.1) is 5.71 Å². The third-order valence-corrected chi connectivity index (χ3v) is 0.917. The van der Waals surface area contributed by atoms with Crippen molar-refractivity contribution in [3.05, 3.63) is 12.2 Å². The van der Waals surface area contributed by atoms with Gasteiger partial charge < -0.3 is 5.01 Å². The largest absolute Gasteiger partial charge is 0.303 e. The Hall–Kier alpha value is -1.12. The van der Waals surface area contributed by atoms with Crippen molar-refractivity contribution in [2.75, 3.05) is 14.1 Å². The molecule has 0 aliphatic rings. The van der Waals surface area contributed by atoms with Gasteiger partial charge in [-0.3, -0.25) is 4.79 Å². The maximum absolute atomic E-state index is 10.5. The van der Waals surface area contributed by atoms with E-state index in [0.29, 0.717) is 0 Å². The Morgan fingerprint density at radius 3 is 2.18 bits per heavy atom. The molecule has 0 N–H and O–H groups in total. The van der Waals surface area contributed by atoms with Gasteiger partial charge in [-0.25, -0.2) is 0 Å². The molecule has 0 aliphatic carbocycles. The van der Waals surface area contributed by atoms with Gasteiger partial charge in [-0.2, -0.15) is 5.10 Å². The number of carbonyl (C=O) groups is 1. The number of nitrogens with zero attached hydrogens (tertiary/aromatic N) is 2. The minimum atomic E-state index is 0.0401. The SMILES string of the molecule is CC(=O)/C=C/C(C)=N/N(C)C. The zero-order valence-corrected chi connectivity index (χ0v) is 7.46. The average molecular weight is 154 g/mol. The molecule has 0 heterocycles. The first-order chi connectivity index (χ1) is 5.02. The molecule has 0 aliphatic heterocycles. The summed E-state index contributed by atoms with van der Waals surface area (Å²) < 4.78 is 0. The van der Waals surface area contributed by atoms with E-state index in [1.165, 1.54) is 13.0 Å². The van der Waals surface area contributed by atoms with Crippen LogP contribution in [0.5, 0.6) is 0 Å². The highest BCUT2D eigenvalue weighted by atomic mass is 16.1. The van der Waals surface area contributed by atoms with E-state index in [1.807, 2.05) is 21.0 Å². The van der Waals surface area contributed by atoms with Crippen molar-refractivity contribution in [2.45, 2.75) is 13.8 Å². The predicted molar refractivity (Wildman–Crippen MR) is 46.6 cm³/mol. The Bertz CT molecular complexity index is 192. The molecule has 0 saturated carbocycles. The van der Waals surface area contributed by atoms with Crippen LogP contribution in [0, 0.1) is 0 Å². The molecule has 0 rings (SSSR count). The lowest BCUT2D eigenvalue weighted by atomic mass is 10.3. The Morgan fingerprint density at radius 2 is 1.82 bits per heavy atom. The van der Waals surface area contributed by atoms with Crippen molar-refractivity contribution in [1.82, 2.24) is 5.01 Å². The molecule has 11 heavy (non-hydrogen) atoms. The van der Waals surface area contributed by atoms with E-state index >= 15 is 0 Å². The van der Waals surface area contributed by atoms with Gasteiger partial charge >= 0.3 is 0 Å². The average Bonchev–Trinajstić information content (AvgIpc) is 1.82. The molecular weight excluding hydrogens is 140 g/mol. The first-order valence-corrected chi connectivity index (χ1v) is 3.43. The van der Waals surface area contributed by atoms with Gasteiger partial charge in [0.2, 0.25) is 0 Å². The highest BCUT2D eigenvalue weighted by Gasteiger charge is 1.86. The molecular formula is C8H14N2O. The normalized spacial score (nSPS) is 12.2. The van der Waals surface area contributed by atoms with Gasteiger partial charge in [0.1, 0.15) is 0 Å². The van der Waals surface area contributed by atoms with E-state index in [1.54, 1.807) is 11.1 Å². The molecule has 0 amide bonds. The van der Waals surface area contributed by atoms with Gasteiger partial charge in [-0.15, -0.1) is 0 Å². The molecule has 0 fully saturated rings. The van der Waals surface area contributed by atoms with Crippen LogP contribution in [0.15, 0.2) is 17.3 Å². The number of ketones is 1. The molecule has 3 heteroatoms. The number of carbonyl (C=O) groups excluding carboxylic acids is 1. The Kier molecular flexibility index (Phi) is 4.18. The summed E-state index contributed by atoms with van der Waals surface area (Å²) in [6.07, 6.45) is 3.20. The fourth-order valence-electron chi connectivity index (χ4n) is 0.587. The number of allylic oxidation sites excluding steroid dienone is 2. The molecule has 0 bridgehead atoms. The minimum Gasteiger partial charge on any atom is -0.303 e. The molecule has 0 atom stereocenters. The highest BCUT2D eigenvalue weighted by Crippen LogP contribution is 1.84. The lowest BCUT2D eigenvalue weighted by molar-refractivity contribution is -0.112. The monoisotopic (exact) mass is 154 g/mol. The van der Waals surface area contributed by atoms with Crippen LogP contribution in [-0.4, -0.2) is 30.6 Å². The van der Waals surface area contributed by atoms with Crippen molar-refractivity contribution < 1.29 is 4.79 Å². The van der Waals surface area contributed by atoms with Crippen molar-refractivity contribution in [2.24, 2.45) is 5.10 Å². The van der Waals surface area contributed by atoms with Gasteiger partial charge in [-0.05, 0) is 26.0 Å². The smallest absolute Gasteiger partial charge is 0.152 e. The summed E-state index contributed by atoms with van der Waals surface area (Å²) in [6, 6.07) is 0. The van der Waals surface area contributed by atoms with Gasteiger partial charge in [-0.1, -0.05) is 0 Å². The molecule has 0 spiro atoms. The Balaban J connectivity index is 4.05. The second-order valence-electron chi connectivity index (χ2n) is 2.53. The number of hydrogen-bond acceptors (Lipinski definition) is 3. The molecule has 0 aromatic carbocycles. The van der Waals surface area contributed by atoms with Crippen LogP contribution in [0.2, 0.25) is 0 Å². The summed E-state index contributed by atoms with van der Waals surface area (Å²) in [6.45, 7) is 3.36. The van der Waals surface area contributed by atoms with Crippen LogP contribution >= 0.6 is 0 Å². The van der Waals surface area contributed by atoms with E-state index in [9.17, 15) is 4.79 Å². The fraction of sp³-hybridized carbons (Fsp3) is 0.500. The Labute approximate surface area is 67.4 Å². The summed E-state index contributed by atoms with van der Waals surface area (Å²) in [5, 5.41) is 5.75. The second-order valence-corrected chi connectivity index (χ2v) is 2.53. The number of hydrazone groups is 1. The Morgan fingerprint density at radius 1 is 1.27 bits per heavy atom. The highest BCUT2D eigenvalue weighted by molar-refractivity contribution is 5.99. The summed E-state index contributed by atoms with van der Waals surface area (Å²) in [5.74, 6) is 0.0401. The maximum Gasteiger partial charge on any atom is 0.152 e. The van der Waals surface area contributed by atoms with Crippen molar-refractivity contribution >= 4 is 11.5 Å². The first kappa shape index (κ1) is 9.88. The van der Waals surface area contributed by atoms with Crippen LogP contribution < -0.4 is 0 Å². The van der Waals surface area contributed by atoms with Crippen LogP contribution in [0.4, 0.5) is 0 Å². The van der Waals surface area contributed by atoms with Crippen molar-refractivity contribution in [1.29, 1.82) is 0 Å². The lowest BCUT2D eigenvalue weighted by Crippen LogP contribution is -2.04. The zero-order chi connectivity index (χ0) is 8.85. The third-order valence-electron chi connectivity index (χ3n) is 0.917. The van der Waals surface area contributed by atoms with Gasteiger partial charge in [0, 0.05) is 14.1 Å². The van der Waals surface area contributed by atoms with Crippen LogP contribution in [0.25, 0.3) is 0 Å². The molecule has 0 aromatic rings. The first-order valence-electron chi connectivity index (χ1n) is 3.43. The van der Waals surface area contributed by atoms with Gasteiger partial charge in [0.25, 0.3) is 0 Å². The van der Waals surface area contributed by atoms with Crippen LogP contribution in [0.1, 0.15) is 13.8 Å². The molecule has 62 valence electrons. The second kappa shape index (κ2) is 4.66. The fourth-order valence-corrected chi connectivity index (χ4v) is 0.587. The van der Waals surface area contributed by atoms with E-state index in [0.717, 1.165) is 5.71 Å². The minimum absolute atomic E-state index is 0.0401. The molecule has 0 radical (unpaired) electrons. The van der Waals surface area contributed by atoms with Crippen LogP contribution in [0.3, 0.4) is 0 Å². The summed E-state index contributed by atoms with van der Waals surface area (Å²) in [4.78, 5) is 10.5. The zero-order valence-electron chi connectivity index (χ0n) is 7.46. The third kappa shape index (κ3) is 6.77. The topological polar surface area (TPSA) is 32.7 Å². The lowest BCUT2D eigenvalue weighted by Gasteiger charge is -2.03. The standard InChI is InChI=1S/C8H14N2O/c1-7(9-10(3)4)5-6-8(2)11/h5-6H,1-4H3/b6-5+,9-7+. The number of rotatable bonds is 3. The number of hydrogen-bond donors (Lipinski definition) is 0. The van der Waals surface area contributed by atoms with Crippen molar-refractivity contribution in [3.8, 4) is 0 Å². The van der Waals surface area contributed by atoms with Crippen LogP contribution in [-0.2, 0) is 4.79 Å². The van der Waals surface area contributed by atoms with Crippen molar-refractivity contribution in [3.63, 3.8) is 0 Å². The predicted octanol–water partition coefficient (Wildman–Crippen LogP) is 1.07. The summed E-state index contributed by atoms with van der Waals surface area (Å²) in [7, 11) is 3.68. The molecule has 0 saturated heterocycles. The molecule has 3 nitrogen and oxygen atoms in total. The van der Waals surface area contributed by atoms with E-state index in [-0.39, 0.29) is 5.78 Å². The quantitative estimate of drug-likeness (QED) is 0.346. The van der Waals surface area contributed by atoms with E-state index in [4.69, 9.17) is 0 Å². The molecule has 0 unspecified atom stereocenters. The van der Waals surface area contributed by atoms with E-state index in [2.05, 4.69) is 5.10 Å². The van der Waals surface area contributed by atoms with Gasteiger partial charge in [0.15, 0.2) is 5.78 Å². The molecule has 0 aromatic heterocycles. The van der Waals surface area contributed by atoms with E-state index < -0.39 is 0 Å². The summed E-state index contributed by atoms with van der Waals surface area (Å²) >= 11 is 0.